The van der Waals surface area contributed by atoms with Crippen LogP contribution in [0.2, 0.25) is 0 Å². The fourth-order valence-corrected chi connectivity index (χ4v) is 1.52. The molecule has 74 valence electrons. The van der Waals surface area contributed by atoms with Crippen LogP contribution >= 0.6 is 0 Å². The van der Waals surface area contributed by atoms with Crippen molar-refractivity contribution in [2.24, 2.45) is 5.92 Å². The number of hydrogen-bond acceptors (Lipinski definition) is 2. The molecule has 2 heteroatoms. The second kappa shape index (κ2) is 4.78. The first-order valence-electron chi connectivity index (χ1n) is 4.84. The van der Waals surface area contributed by atoms with Gasteiger partial charge in [0, 0.05) is 0 Å². The summed E-state index contributed by atoms with van der Waals surface area (Å²) in [5.74, 6) is -0.309. The monoisotopic (exact) mass is 189 g/mol. The predicted molar refractivity (Wildman–Crippen MR) is 55.5 cm³/mol. The Balaban J connectivity index is 2.95. The van der Waals surface area contributed by atoms with Crippen molar-refractivity contribution >= 4 is 0 Å². The fraction of sp³-hybridized carbons (Fsp3) is 0.417. The summed E-state index contributed by atoms with van der Waals surface area (Å²) < 4.78 is 0. The van der Waals surface area contributed by atoms with E-state index in [1.54, 1.807) is 0 Å². The Kier molecular flexibility index (Phi) is 3.67. The summed E-state index contributed by atoms with van der Waals surface area (Å²) in [5, 5.41) is 18.8. The van der Waals surface area contributed by atoms with E-state index >= 15 is 0 Å². The molecule has 0 aliphatic rings. The molecule has 1 aromatic rings. The van der Waals surface area contributed by atoms with Crippen LogP contribution in [0.1, 0.15) is 30.6 Å². The van der Waals surface area contributed by atoms with E-state index in [1.165, 1.54) is 0 Å². The van der Waals surface area contributed by atoms with Crippen molar-refractivity contribution in [2.75, 3.05) is 0 Å². The minimum atomic E-state index is -0.661. The van der Waals surface area contributed by atoms with Crippen molar-refractivity contribution in [3.05, 3.63) is 35.4 Å². The van der Waals surface area contributed by atoms with E-state index in [-0.39, 0.29) is 5.92 Å². The first kappa shape index (κ1) is 10.7. The van der Waals surface area contributed by atoms with Crippen LogP contribution in [-0.2, 0) is 0 Å². The minimum absolute atomic E-state index is 0.309. The number of aliphatic hydroxyl groups is 1. The van der Waals surface area contributed by atoms with E-state index in [9.17, 15) is 5.11 Å². The van der Waals surface area contributed by atoms with Gasteiger partial charge in [0.2, 0.25) is 0 Å². The number of nitrogens with zero attached hydrogens (tertiary/aromatic N) is 1. The van der Waals surface area contributed by atoms with Crippen molar-refractivity contribution in [3.8, 4) is 6.07 Å². The summed E-state index contributed by atoms with van der Waals surface area (Å²) in [6.07, 6.45) is 0.0117. The van der Waals surface area contributed by atoms with E-state index < -0.39 is 6.10 Å². The molecule has 0 aromatic heterocycles. The molecule has 2 unspecified atom stereocenters. The van der Waals surface area contributed by atoms with E-state index in [4.69, 9.17) is 5.26 Å². The smallest absolute Gasteiger partial charge is 0.0950 e. The van der Waals surface area contributed by atoms with Crippen molar-refractivity contribution in [3.63, 3.8) is 0 Å². The molecule has 0 saturated heterocycles. The Morgan fingerprint density at radius 1 is 1.43 bits per heavy atom. The van der Waals surface area contributed by atoms with Crippen LogP contribution in [0.25, 0.3) is 0 Å². The van der Waals surface area contributed by atoms with Crippen molar-refractivity contribution in [1.29, 1.82) is 5.26 Å². The van der Waals surface area contributed by atoms with Crippen LogP contribution in [-0.4, -0.2) is 5.11 Å². The molecule has 14 heavy (non-hydrogen) atoms. The largest absolute Gasteiger partial charge is 0.387 e. The lowest BCUT2D eigenvalue weighted by atomic mass is 9.92. The molecule has 2 nitrogen and oxygen atoms in total. The first-order valence-corrected chi connectivity index (χ1v) is 4.84. The summed E-state index contributed by atoms with van der Waals surface area (Å²) in [7, 11) is 0. The third kappa shape index (κ3) is 2.12. The van der Waals surface area contributed by atoms with Crippen molar-refractivity contribution in [1.82, 2.24) is 0 Å². The molecule has 0 bridgehead atoms. The van der Waals surface area contributed by atoms with Crippen LogP contribution in [0.5, 0.6) is 0 Å². The Morgan fingerprint density at radius 2 is 2.07 bits per heavy atom. The second-order valence-electron chi connectivity index (χ2n) is 3.45. The van der Waals surface area contributed by atoms with Crippen LogP contribution in [0.4, 0.5) is 0 Å². The highest BCUT2D eigenvalue weighted by molar-refractivity contribution is 5.28. The predicted octanol–water partition coefficient (Wildman–Crippen LogP) is 2.58. The topological polar surface area (TPSA) is 44.0 Å². The summed E-state index contributed by atoms with van der Waals surface area (Å²) in [6.45, 7) is 3.86. The van der Waals surface area contributed by atoms with E-state index in [0.717, 1.165) is 11.1 Å². The molecule has 0 aliphatic carbocycles. The molecule has 0 amide bonds. The number of benzene rings is 1. The minimum Gasteiger partial charge on any atom is -0.387 e. The third-order valence-electron chi connectivity index (χ3n) is 2.49. The van der Waals surface area contributed by atoms with Gasteiger partial charge in [-0.3, -0.25) is 0 Å². The maximum Gasteiger partial charge on any atom is 0.0950 e. The summed E-state index contributed by atoms with van der Waals surface area (Å²) >= 11 is 0. The molecule has 1 aromatic carbocycles. The molecule has 0 aliphatic heterocycles. The molecule has 0 spiro atoms. The number of nitriles is 1. The zero-order chi connectivity index (χ0) is 10.6. The highest BCUT2D eigenvalue weighted by atomic mass is 16.3. The summed E-state index contributed by atoms with van der Waals surface area (Å²) in [6, 6.07) is 9.76. The molecule has 0 radical (unpaired) electrons. The van der Waals surface area contributed by atoms with Crippen LogP contribution < -0.4 is 0 Å². The zero-order valence-electron chi connectivity index (χ0n) is 8.57. The van der Waals surface area contributed by atoms with Crippen LogP contribution in [0.15, 0.2) is 24.3 Å². The number of aryl methyl sites for hydroxylation is 1. The van der Waals surface area contributed by atoms with Gasteiger partial charge in [0.05, 0.1) is 18.1 Å². The molecule has 0 saturated carbocycles. The summed E-state index contributed by atoms with van der Waals surface area (Å²) in [5.41, 5.74) is 1.90. The third-order valence-corrected chi connectivity index (χ3v) is 2.49. The molecule has 0 fully saturated rings. The second-order valence-corrected chi connectivity index (χ2v) is 3.45. The first-order chi connectivity index (χ1) is 6.70. The Hall–Kier alpha value is -1.33. The molecular weight excluding hydrogens is 174 g/mol. The van der Waals surface area contributed by atoms with Gasteiger partial charge in [0.1, 0.15) is 0 Å². The highest BCUT2D eigenvalue weighted by Gasteiger charge is 2.19. The molecule has 2 atom stereocenters. The zero-order valence-corrected chi connectivity index (χ0v) is 8.57. The lowest BCUT2D eigenvalue weighted by Crippen LogP contribution is -2.10. The van der Waals surface area contributed by atoms with Gasteiger partial charge in [-0.1, -0.05) is 31.2 Å². The van der Waals surface area contributed by atoms with Gasteiger partial charge in [-0.2, -0.15) is 5.26 Å². The number of rotatable bonds is 3. The van der Waals surface area contributed by atoms with Gasteiger partial charge in [-0.05, 0) is 24.5 Å². The van der Waals surface area contributed by atoms with Gasteiger partial charge in [0.25, 0.3) is 0 Å². The SMILES string of the molecule is CCC(C#N)C(O)c1ccccc1C. The normalized spacial score (nSPS) is 14.4. The Bertz CT molecular complexity index is 340. The maximum atomic E-state index is 9.94. The molecule has 1 N–H and O–H groups in total. The average Bonchev–Trinajstić information content (AvgIpc) is 2.20. The van der Waals surface area contributed by atoms with Gasteiger partial charge in [0.15, 0.2) is 0 Å². The van der Waals surface area contributed by atoms with Crippen molar-refractivity contribution in [2.45, 2.75) is 26.4 Å². The average molecular weight is 189 g/mol. The summed E-state index contributed by atoms with van der Waals surface area (Å²) in [4.78, 5) is 0. The van der Waals surface area contributed by atoms with E-state index in [0.29, 0.717) is 6.42 Å². The quantitative estimate of drug-likeness (QED) is 0.794. The Morgan fingerprint density at radius 3 is 2.57 bits per heavy atom. The molecule has 0 heterocycles. The lowest BCUT2D eigenvalue weighted by Gasteiger charge is -2.17. The van der Waals surface area contributed by atoms with Gasteiger partial charge < -0.3 is 5.11 Å². The van der Waals surface area contributed by atoms with E-state index in [2.05, 4.69) is 6.07 Å². The molecule has 1 rings (SSSR count). The maximum absolute atomic E-state index is 9.94. The highest BCUT2D eigenvalue weighted by Crippen LogP contribution is 2.26. The number of aliphatic hydroxyl groups excluding tert-OH is 1. The molecular formula is C12H15NO. The van der Waals surface area contributed by atoms with E-state index in [1.807, 2.05) is 38.1 Å². The van der Waals surface area contributed by atoms with Crippen molar-refractivity contribution < 1.29 is 5.11 Å². The van der Waals surface area contributed by atoms with Gasteiger partial charge >= 0.3 is 0 Å². The Labute approximate surface area is 84.8 Å². The standard InChI is InChI=1S/C12H15NO/c1-3-10(8-13)12(14)11-7-5-4-6-9(11)2/h4-7,10,12,14H,3H2,1-2H3. The van der Waals surface area contributed by atoms with Gasteiger partial charge in [-0.15, -0.1) is 0 Å². The van der Waals surface area contributed by atoms with Crippen LogP contribution in [0, 0.1) is 24.2 Å². The van der Waals surface area contributed by atoms with Crippen LogP contribution in [0.3, 0.4) is 0 Å². The fourth-order valence-electron chi connectivity index (χ4n) is 1.52. The lowest BCUT2D eigenvalue weighted by molar-refractivity contribution is 0.132. The number of hydrogen-bond donors (Lipinski definition) is 1. The van der Waals surface area contributed by atoms with Gasteiger partial charge in [-0.25, -0.2) is 0 Å².